The number of esters is 1. The van der Waals surface area contributed by atoms with Crippen LogP contribution in [0.3, 0.4) is 0 Å². The van der Waals surface area contributed by atoms with E-state index in [-0.39, 0.29) is 23.1 Å². The lowest BCUT2D eigenvalue weighted by molar-refractivity contribution is -0.158. The summed E-state index contributed by atoms with van der Waals surface area (Å²) in [5.74, 6) is 2.12. The van der Waals surface area contributed by atoms with Gasteiger partial charge in [-0.05, 0) is 104 Å². The Balaban J connectivity index is 1.34. The van der Waals surface area contributed by atoms with Crippen molar-refractivity contribution in [3.63, 3.8) is 0 Å². The standard InChI is InChI=1S/C27H37NO4/c1-16(28)25(30)32-19-10-12-26(2)18(14-19)5-6-20-22-8-7-21(17-4-9-24(29)31-15-17)27(22,3)13-11-23(20)26/h4,8-9,15-16,18-21,23H,5-7,10-14,28H2,1-3H3/t16-,18?,19+,20+,21-,23+,26+,27-/m1/s1. The van der Waals surface area contributed by atoms with E-state index in [2.05, 4.69) is 19.9 Å². The lowest BCUT2D eigenvalue weighted by atomic mass is 9.46. The van der Waals surface area contributed by atoms with Gasteiger partial charge in [0.1, 0.15) is 12.1 Å². The molecule has 174 valence electrons. The predicted octanol–water partition coefficient (Wildman–Crippen LogP) is 4.95. The number of allylic oxidation sites excluding steroid dienone is 2. The fourth-order valence-corrected chi connectivity index (χ4v) is 8.00. The molecule has 1 heterocycles. The zero-order chi connectivity index (χ0) is 22.7. The first kappa shape index (κ1) is 21.9. The van der Waals surface area contributed by atoms with Crippen molar-refractivity contribution in [2.45, 2.75) is 90.2 Å². The van der Waals surface area contributed by atoms with E-state index in [9.17, 15) is 9.59 Å². The molecule has 0 spiro atoms. The number of hydrogen-bond donors (Lipinski definition) is 1. The van der Waals surface area contributed by atoms with Crippen LogP contribution in [0.15, 0.2) is 39.3 Å². The van der Waals surface area contributed by atoms with Crippen LogP contribution in [0.1, 0.15) is 83.6 Å². The monoisotopic (exact) mass is 439 g/mol. The molecule has 2 N–H and O–H groups in total. The molecule has 3 saturated carbocycles. The maximum Gasteiger partial charge on any atom is 0.335 e. The zero-order valence-corrected chi connectivity index (χ0v) is 19.6. The van der Waals surface area contributed by atoms with Gasteiger partial charge in [0.2, 0.25) is 0 Å². The second-order valence-corrected chi connectivity index (χ2v) is 11.4. The molecular formula is C27H37NO4. The summed E-state index contributed by atoms with van der Waals surface area (Å²) in [4.78, 5) is 23.5. The van der Waals surface area contributed by atoms with E-state index in [0.717, 1.165) is 31.2 Å². The van der Waals surface area contributed by atoms with E-state index < -0.39 is 6.04 Å². The van der Waals surface area contributed by atoms with E-state index in [1.165, 1.54) is 25.7 Å². The zero-order valence-electron chi connectivity index (χ0n) is 19.6. The summed E-state index contributed by atoms with van der Waals surface area (Å²) in [5.41, 5.74) is 8.75. The molecular weight excluding hydrogens is 402 g/mol. The summed E-state index contributed by atoms with van der Waals surface area (Å²) in [5, 5.41) is 0. The summed E-state index contributed by atoms with van der Waals surface area (Å²) in [6.07, 6.45) is 13.2. The lowest BCUT2D eigenvalue weighted by Crippen LogP contribution is -2.52. The minimum Gasteiger partial charge on any atom is -0.461 e. The van der Waals surface area contributed by atoms with Crippen molar-refractivity contribution in [3.8, 4) is 0 Å². The Kier molecular flexibility index (Phi) is 5.39. The summed E-state index contributed by atoms with van der Waals surface area (Å²) < 4.78 is 11.0. The Bertz CT molecular complexity index is 960. The number of nitrogens with two attached hydrogens (primary N) is 1. The Morgan fingerprint density at radius 2 is 2.00 bits per heavy atom. The molecule has 4 aliphatic rings. The van der Waals surface area contributed by atoms with Crippen molar-refractivity contribution in [2.24, 2.45) is 34.3 Å². The van der Waals surface area contributed by atoms with Crippen LogP contribution in [0.2, 0.25) is 0 Å². The fourth-order valence-electron chi connectivity index (χ4n) is 8.00. The maximum atomic E-state index is 12.0. The van der Waals surface area contributed by atoms with Gasteiger partial charge in [0, 0.05) is 6.07 Å². The molecule has 8 atom stereocenters. The van der Waals surface area contributed by atoms with Crippen molar-refractivity contribution in [1.29, 1.82) is 0 Å². The number of ether oxygens (including phenoxy) is 1. The normalized spacial score (nSPS) is 41.6. The van der Waals surface area contributed by atoms with Gasteiger partial charge in [-0.25, -0.2) is 4.79 Å². The molecule has 0 radical (unpaired) electrons. The van der Waals surface area contributed by atoms with E-state index in [0.29, 0.717) is 29.1 Å². The molecule has 5 heteroatoms. The second-order valence-electron chi connectivity index (χ2n) is 11.4. The Hall–Kier alpha value is -1.88. The highest BCUT2D eigenvalue weighted by Gasteiger charge is 2.58. The summed E-state index contributed by atoms with van der Waals surface area (Å²) in [7, 11) is 0. The Labute approximate surface area is 190 Å². The van der Waals surface area contributed by atoms with E-state index >= 15 is 0 Å². The van der Waals surface area contributed by atoms with Crippen molar-refractivity contribution >= 4 is 5.97 Å². The predicted molar refractivity (Wildman–Crippen MR) is 123 cm³/mol. The Morgan fingerprint density at radius 1 is 1.19 bits per heavy atom. The molecule has 0 aliphatic heterocycles. The lowest BCUT2D eigenvalue weighted by Gasteiger charge is -2.59. The average molecular weight is 440 g/mol. The van der Waals surface area contributed by atoms with Gasteiger partial charge >= 0.3 is 11.6 Å². The smallest absolute Gasteiger partial charge is 0.335 e. The molecule has 3 fully saturated rings. The van der Waals surface area contributed by atoms with E-state index in [4.69, 9.17) is 14.9 Å². The summed E-state index contributed by atoms with van der Waals surface area (Å²) in [6.45, 7) is 6.65. The topological polar surface area (TPSA) is 82.5 Å². The molecule has 0 bridgehead atoms. The van der Waals surface area contributed by atoms with Crippen molar-refractivity contribution < 1.29 is 13.9 Å². The third-order valence-corrected chi connectivity index (χ3v) is 9.80. The quantitative estimate of drug-likeness (QED) is 0.532. The highest BCUT2D eigenvalue weighted by Crippen LogP contribution is 2.67. The summed E-state index contributed by atoms with van der Waals surface area (Å²) >= 11 is 0. The van der Waals surface area contributed by atoms with Crippen LogP contribution >= 0.6 is 0 Å². The molecule has 32 heavy (non-hydrogen) atoms. The second kappa shape index (κ2) is 7.86. The molecule has 5 nitrogen and oxygen atoms in total. The molecule has 1 aromatic heterocycles. The Morgan fingerprint density at radius 3 is 2.72 bits per heavy atom. The molecule has 0 saturated heterocycles. The minimum atomic E-state index is -0.546. The first-order chi connectivity index (χ1) is 15.2. The van der Waals surface area contributed by atoms with Gasteiger partial charge in [-0.2, -0.15) is 0 Å². The largest absolute Gasteiger partial charge is 0.461 e. The van der Waals surface area contributed by atoms with Gasteiger partial charge in [0.15, 0.2) is 0 Å². The molecule has 0 amide bonds. The number of hydrogen-bond acceptors (Lipinski definition) is 5. The van der Waals surface area contributed by atoms with Crippen LogP contribution in [0, 0.1) is 28.6 Å². The van der Waals surface area contributed by atoms with Crippen LogP contribution in [0.25, 0.3) is 0 Å². The number of carbonyl (C=O) groups is 1. The molecule has 4 aliphatic carbocycles. The average Bonchev–Trinajstić information content (AvgIpc) is 3.11. The first-order valence-corrected chi connectivity index (χ1v) is 12.5. The summed E-state index contributed by atoms with van der Waals surface area (Å²) in [6, 6.07) is 2.98. The van der Waals surface area contributed by atoms with Crippen LogP contribution in [0.4, 0.5) is 0 Å². The van der Waals surface area contributed by atoms with Crippen LogP contribution in [-0.4, -0.2) is 18.1 Å². The van der Waals surface area contributed by atoms with Gasteiger partial charge in [-0.3, -0.25) is 4.79 Å². The third kappa shape index (κ3) is 3.39. The van der Waals surface area contributed by atoms with Gasteiger partial charge in [-0.15, -0.1) is 0 Å². The maximum absolute atomic E-state index is 12.0. The van der Waals surface area contributed by atoms with E-state index in [1.54, 1.807) is 24.8 Å². The number of carbonyl (C=O) groups excluding carboxylic acids is 1. The molecule has 1 aromatic rings. The van der Waals surface area contributed by atoms with Crippen molar-refractivity contribution in [2.75, 3.05) is 0 Å². The number of rotatable bonds is 3. The van der Waals surface area contributed by atoms with Gasteiger partial charge in [-0.1, -0.05) is 25.5 Å². The van der Waals surface area contributed by atoms with Gasteiger partial charge in [0.05, 0.1) is 6.26 Å². The van der Waals surface area contributed by atoms with Crippen LogP contribution in [0.5, 0.6) is 0 Å². The molecule has 1 unspecified atom stereocenters. The molecule has 0 aromatic carbocycles. The third-order valence-electron chi connectivity index (χ3n) is 9.80. The van der Waals surface area contributed by atoms with Gasteiger partial charge < -0.3 is 14.9 Å². The van der Waals surface area contributed by atoms with Gasteiger partial charge in [0.25, 0.3) is 0 Å². The minimum absolute atomic E-state index is 0.0276. The molecule has 5 rings (SSSR count). The van der Waals surface area contributed by atoms with Crippen LogP contribution < -0.4 is 11.4 Å². The highest BCUT2D eigenvalue weighted by atomic mass is 16.5. The highest BCUT2D eigenvalue weighted by molar-refractivity contribution is 5.75. The SMILES string of the molecule is C[C@@H](N)C(=O)O[C@H]1CC[C@@]2(C)C(CC[C@H]3C4=CC[C@H](c5ccc(=O)oc5)[C@@]4(C)CC[C@@H]32)C1. The first-order valence-electron chi connectivity index (χ1n) is 12.5. The van der Waals surface area contributed by atoms with E-state index in [1.807, 2.05) is 6.07 Å². The fraction of sp³-hybridized carbons (Fsp3) is 0.704. The number of fused-ring (bicyclic) bond motifs is 5. The van der Waals surface area contributed by atoms with Crippen molar-refractivity contribution in [3.05, 3.63) is 46.0 Å². The van der Waals surface area contributed by atoms with Crippen LogP contribution in [-0.2, 0) is 9.53 Å². The van der Waals surface area contributed by atoms with Crippen molar-refractivity contribution in [1.82, 2.24) is 0 Å².